The standard InChI is InChI=1S/C15H14BrNO2S/c1-9-8-20-14(17-9)7-13(18)6-11-5-12(16)4-10-2-3-19-15(10)11/h4-5,8H,2-3,6-7H2,1H3. The highest BCUT2D eigenvalue weighted by atomic mass is 79.9. The summed E-state index contributed by atoms with van der Waals surface area (Å²) in [7, 11) is 0. The molecule has 0 N–H and O–H groups in total. The molecule has 0 spiro atoms. The van der Waals surface area contributed by atoms with Crippen molar-refractivity contribution in [3.8, 4) is 5.75 Å². The lowest BCUT2D eigenvalue weighted by Gasteiger charge is -2.08. The molecule has 0 radical (unpaired) electrons. The van der Waals surface area contributed by atoms with Crippen LogP contribution in [0.3, 0.4) is 0 Å². The zero-order valence-electron chi connectivity index (χ0n) is 11.1. The molecule has 0 saturated carbocycles. The summed E-state index contributed by atoms with van der Waals surface area (Å²) >= 11 is 5.04. The monoisotopic (exact) mass is 351 g/mol. The molecule has 104 valence electrons. The number of hydrogen-bond donors (Lipinski definition) is 0. The van der Waals surface area contributed by atoms with E-state index in [4.69, 9.17) is 4.74 Å². The van der Waals surface area contributed by atoms with Crippen LogP contribution in [0.4, 0.5) is 0 Å². The summed E-state index contributed by atoms with van der Waals surface area (Å²) in [5.74, 6) is 1.08. The van der Waals surface area contributed by atoms with Crippen molar-refractivity contribution in [1.82, 2.24) is 4.98 Å². The Hall–Kier alpha value is -1.20. The van der Waals surface area contributed by atoms with Gasteiger partial charge in [-0.2, -0.15) is 0 Å². The minimum absolute atomic E-state index is 0.176. The first kappa shape index (κ1) is 13.8. The van der Waals surface area contributed by atoms with Gasteiger partial charge in [-0.05, 0) is 24.6 Å². The van der Waals surface area contributed by atoms with Crippen molar-refractivity contribution in [3.05, 3.63) is 43.8 Å². The van der Waals surface area contributed by atoms with Gasteiger partial charge in [-0.15, -0.1) is 11.3 Å². The molecule has 0 bridgehead atoms. The second-order valence-corrected chi connectivity index (χ2v) is 6.78. The quantitative estimate of drug-likeness (QED) is 0.846. The average molecular weight is 352 g/mol. The van der Waals surface area contributed by atoms with E-state index in [1.807, 2.05) is 18.4 Å². The van der Waals surface area contributed by atoms with Gasteiger partial charge in [0.05, 0.1) is 13.0 Å². The number of thiazole rings is 1. The Balaban J connectivity index is 1.76. The largest absolute Gasteiger partial charge is 0.493 e. The van der Waals surface area contributed by atoms with E-state index in [2.05, 4.69) is 27.0 Å². The number of hydrogen-bond acceptors (Lipinski definition) is 4. The van der Waals surface area contributed by atoms with Gasteiger partial charge < -0.3 is 4.74 Å². The summed E-state index contributed by atoms with van der Waals surface area (Å²) in [6.07, 6.45) is 1.72. The molecule has 0 saturated heterocycles. The van der Waals surface area contributed by atoms with Crippen LogP contribution in [0.25, 0.3) is 0 Å². The summed E-state index contributed by atoms with van der Waals surface area (Å²) in [5.41, 5.74) is 3.14. The number of aromatic nitrogens is 1. The predicted molar refractivity (Wildman–Crippen MR) is 82.6 cm³/mol. The van der Waals surface area contributed by atoms with E-state index < -0.39 is 0 Å². The number of ketones is 1. The van der Waals surface area contributed by atoms with Crippen LogP contribution < -0.4 is 4.74 Å². The van der Waals surface area contributed by atoms with Crippen molar-refractivity contribution in [2.75, 3.05) is 6.61 Å². The number of fused-ring (bicyclic) bond motifs is 1. The minimum atomic E-state index is 0.176. The van der Waals surface area contributed by atoms with Gasteiger partial charge in [0.1, 0.15) is 16.5 Å². The normalized spacial score (nSPS) is 13.1. The lowest BCUT2D eigenvalue weighted by Crippen LogP contribution is -2.07. The number of nitrogens with zero attached hydrogens (tertiary/aromatic N) is 1. The zero-order chi connectivity index (χ0) is 14.1. The molecule has 20 heavy (non-hydrogen) atoms. The molecule has 1 aromatic heterocycles. The molecule has 0 fully saturated rings. The summed E-state index contributed by atoms with van der Waals surface area (Å²) in [5, 5.41) is 2.86. The maximum absolute atomic E-state index is 12.2. The minimum Gasteiger partial charge on any atom is -0.493 e. The maximum atomic E-state index is 12.2. The van der Waals surface area contributed by atoms with Crippen molar-refractivity contribution < 1.29 is 9.53 Å². The van der Waals surface area contributed by atoms with Crippen LogP contribution in [0, 0.1) is 6.92 Å². The third-order valence-corrected chi connectivity index (χ3v) is 4.65. The van der Waals surface area contributed by atoms with E-state index >= 15 is 0 Å². The molecular weight excluding hydrogens is 338 g/mol. The van der Waals surface area contributed by atoms with Gasteiger partial charge in [0.15, 0.2) is 0 Å². The fourth-order valence-electron chi connectivity index (χ4n) is 2.40. The number of rotatable bonds is 4. The topological polar surface area (TPSA) is 39.2 Å². The van der Waals surface area contributed by atoms with Crippen LogP contribution in [-0.2, 0) is 24.1 Å². The van der Waals surface area contributed by atoms with Crippen molar-refractivity contribution in [1.29, 1.82) is 0 Å². The van der Waals surface area contributed by atoms with Gasteiger partial charge in [0.25, 0.3) is 0 Å². The van der Waals surface area contributed by atoms with E-state index in [1.54, 1.807) is 11.3 Å². The molecule has 1 aliphatic heterocycles. The van der Waals surface area contributed by atoms with Gasteiger partial charge in [0.2, 0.25) is 0 Å². The van der Waals surface area contributed by atoms with Crippen LogP contribution in [0.5, 0.6) is 5.75 Å². The second-order valence-electron chi connectivity index (χ2n) is 4.93. The number of carbonyl (C=O) groups excluding carboxylic acids is 1. The first-order valence-corrected chi connectivity index (χ1v) is 8.16. The van der Waals surface area contributed by atoms with E-state index in [0.717, 1.165) is 32.9 Å². The van der Waals surface area contributed by atoms with E-state index in [1.165, 1.54) is 5.56 Å². The highest BCUT2D eigenvalue weighted by Gasteiger charge is 2.19. The Morgan fingerprint density at radius 2 is 2.30 bits per heavy atom. The highest BCUT2D eigenvalue weighted by Crippen LogP contribution is 2.33. The molecule has 3 rings (SSSR count). The molecule has 1 aliphatic rings. The van der Waals surface area contributed by atoms with Crippen LogP contribution in [-0.4, -0.2) is 17.4 Å². The van der Waals surface area contributed by atoms with Crippen molar-refractivity contribution in [2.24, 2.45) is 0 Å². The summed E-state index contributed by atoms with van der Waals surface area (Å²) in [6.45, 7) is 2.65. The second kappa shape index (κ2) is 5.66. The Labute approximate surface area is 130 Å². The van der Waals surface area contributed by atoms with Crippen LogP contribution in [0.15, 0.2) is 22.0 Å². The fraction of sp³-hybridized carbons (Fsp3) is 0.333. The Morgan fingerprint density at radius 1 is 1.45 bits per heavy atom. The lowest BCUT2D eigenvalue weighted by molar-refractivity contribution is -0.117. The van der Waals surface area contributed by atoms with Crippen molar-refractivity contribution >= 4 is 33.0 Å². The van der Waals surface area contributed by atoms with Crippen LogP contribution >= 0.6 is 27.3 Å². The number of ether oxygens (including phenoxy) is 1. The van der Waals surface area contributed by atoms with Crippen molar-refractivity contribution in [3.63, 3.8) is 0 Å². The van der Waals surface area contributed by atoms with Gasteiger partial charge in [-0.1, -0.05) is 15.9 Å². The zero-order valence-corrected chi connectivity index (χ0v) is 13.5. The van der Waals surface area contributed by atoms with Gasteiger partial charge in [-0.25, -0.2) is 4.98 Å². The molecule has 2 aromatic rings. The molecule has 5 heteroatoms. The third kappa shape index (κ3) is 2.94. The van der Waals surface area contributed by atoms with E-state index in [0.29, 0.717) is 19.4 Å². The first-order chi connectivity index (χ1) is 9.61. The molecule has 3 nitrogen and oxygen atoms in total. The van der Waals surface area contributed by atoms with E-state index in [9.17, 15) is 4.79 Å². The Bertz CT molecular complexity index is 666. The molecule has 0 amide bonds. The maximum Gasteiger partial charge on any atom is 0.144 e. The van der Waals surface area contributed by atoms with E-state index in [-0.39, 0.29) is 5.78 Å². The third-order valence-electron chi connectivity index (χ3n) is 3.23. The highest BCUT2D eigenvalue weighted by molar-refractivity contribution is 9.10. The number of benzene rings is 1. The smallest absolute Gasteiger partial charge is 0.144 e. The first-order valence-electron chi connectivity index (χ1n) is 6.48. The number of Topliss-reactive ketones (excluding diaryl/α,β-unsaturated/α-hetero) is 1. The van der Waals surface area contributed by atoms with Crippen LogP contribution in [0.1, 0.15) is 21.8 Å². The SMILES string of the molecule is Cc1csc(CC(=O)Cc2cc(Br)cc3c2OCC3)n1. The lowest BCUT2D eigenvalue weighted by atomic mass is 10.0. The number of carbonyl (C=O) groups is 1. The summed E-state index contributed by atoms with van der Waals surface area (Å²) in [4.78, 5) is 16.5. The average Bonchev–Trinajstić information content (AvgIpc) is 2.98. The molecule has 0 unspecified atom stereocenters. The Morgan fingerprint density at radius 3 is 3.05 bits per heavy atom. The number of aryl methyl sites for hydroxylation is 1. The van der Waals surface area contributed by atoms with Crippen molar-refractivity contribution in [2.45, 2.75) is 26.2 Å². The molecular formula is C15H14BrNO2S. The number of halogens is 1. The molecule has 2 heterocycles. The fourth-order valence-corrected chi connectivity index (χ4v) is 3.76. The van der Waals surface area contributed by atoms with Gasteiger partial charge >= 0.3 is 0 Å². The van der Waals surface area contributed by atoms with Gasteiger partial charge in [0, 0.05) is 34.0 Å². The predicted octanol–water partition coefficient (Wildman–Crippen LogP) is 3.50. The molecule has 1 aromatic carbocycles. The Kier molecular flexibility index (Phi) is 3.89. The van der Waals surface area contributed by atoms with Gasteiger partial charge in [-0.3, -0.25) is 4.79 Å². The summed E-state index contributed by atoms with van der Waals surface area (Å²) in [6, 6.07) is 4.05. The summed E-state index contributed by atoms with van der Waals surface area (Å²) < 4.78 is 6.66. The van der Waals surface area contributed by atoms with Crippen LogP contribution in [0.2, 0.25) is 0 Å². The molecule has 0 atom stereocenters. The molecule has 0 aliphatic carbocycles.